The van der Waals surface area contributed by atoms with Crippen LogP contribution in [0.2, 0.25) is 0 Å². The summed E-state index contributed by atoms with van der Waals surface area (Å²) in [7, 11) is 0. The van der Waals surface area contributed by atoms with Gasteiger partial charge in [0.05, 0.1) is 12.7 Å². The first kappa shape index (κ1) is 7.09. The van der Waals surface area contributed by atoms with Crippen LogP contribution in [0.15, 0.2) is 22.8 Å². The highest BCUT2D eigenvalue weighted by molar-refractivity contribution is 5.97. The van der Waals surface area contributed by atoms with Crippen LogP contribution >= 0.6 is 0 Å². The summed E-state index contributed by atoms with van der Waals surface area (Å²) >= 11 is 0. The molecule has 0 saturated carbocycles. The number of carbonyl (C=O) groups excluding carboxylic acids is 2. The summed E-state index contributed by atoms with van der Waals surface area (Å²) in [6.45, 7) is 0. The second-order valence-electron chi connectivity index (χ2n) is 2.57. The Morgan fingerprint density at radius 3 is 2.75 bits per heavy atom. The van der Waals surface area contributed by atoms with E-state index < -0.39 is 17.9 Å². The van der Waals surface area contributed by atoms with E-state index in [1.807, 2.05) is 0 Å². The van der Waals surface area contributed by atoms with Crippen LogP contribution in [0.3, 0.4) is 0 Å². The number of cyclic esters (lactones) is 2. The van der Waals surface area contributed by atoms with Gasteiger partial charge in [-0.2, -0.15) is 0 Å². The highest BCUT2D eigenvalue weighted by Gasteiger charge is 2.36. The van der Waals surface area contributed by atoms with Crippen molar-refractivity contribution < 1.29 is 18.7 Å². The van der Waals surface area contributed by atoms with Crippen LogP contribution < -0.4 is 0 Å². The Bertz CT molecular complexity index is 312. The van der Waals surface area contributed by atoms with E-state index in [0.717, 1.165) is 0 Å². The normalized spacial score (nSPS) is 22.8. The van der Waals surface area contributed by atoms with Crippen molar-refractivity contribution >= 4 is 11.9 Å². The Morgan fingerprint density at radius 2 is 2.25 bits per heavy atom. The fourth-order valence-electron chi connectivity index (χ4n) is 1.18. The molecule has 2 heterocycles. The predicted octanol–water partition coefficient (Wildman–Crippen LogP) is 0.837. The molecule has 1 saturated heterocycles. The summed E-state index contributed by atoms with van der Waals surface area (Å²) in [5.41, 5.74) is 0. The molecule has 1 aliphatic heterocycles. The van der Waals surface area contributed by atoms with Crippen molar-refractivity contribution in [3.63, 3.8) is 0 Å². The number of ether oxygens (including phenoxy) is 1. The third-order valence-electron chi connectivity index (χ3n) is 1.76. The minimum absolute atomic E-state index is 0.0896. The van der Waals surface area contributed by atoms with Gasteiger partial charge in [0.1, 0.15) is 11.7 Å². The Hall–Kier alpha value is -1.58. The molecule has 62 valence electrons. The van der Waals surface area contributed by atoms with Gasteiger partial charge >= 0.3 is 11.9 Å². The number of rotatable bonds is 1. The lowest BCUT2D eigenvalue weighted by molar-refractivity contribution is -0.152. The molecule has 1 unspecified atom stereocenters. The van der Waals surface area contributed by atoms with Crippen LogP contribution in [-0.2, 0) is 14.3 Å². The highest BCUT2D eigenvalue weighted by atomic mass is 16.6. The second kappa shape index (κ2) is 2.48. The van der Waals surface area contributed by atoms with Gasteiger partial charge in [0, 0.05) is 0 Å². The molecule has 0 amide bonds. The van der Waals surface area contributed by atoms with E-state index in [4.69, 9.17) is 4.42 Å². The minimum atomic E-state index is -0.535. The molecule has 0 radical (unpaired) electrons. The molecule has 12 heavy (non-hydrogen) atoms. The zero-order chi connectivity index (χ0) is 8.55. The molecule has 1 atom stereocenters. The van der Waals surface area contributed by atoms with Crippen LogP contribution in [0.25, 0.3) is 0 Å². The van der Waals surface area contributed by atoms with Crippen LogP contribution in [0.4, 0.5) is 0 Å². The summed E-state index contributed by atoms with van der Waals surface area (Å²) in [5, 5.41) is 0. The summed E-state index contributed by atoms with van der Waals surface area (Å²) < 4.78 is 9.34. The van der Waals surface area contributed by atoms with Crippen molar-refractivity contribution in [3.05, 3.63) is 24.2 Å². The van der Waals surface area contributed by atoms with E-state index in [1.165, 1.54) is 6.26 Å². The number of hydrogen-bond acceptors (Lipinski definition) is 4. The number of hydrogen-bond donors (Lipinski definition) is 0. The molecule has 2 rings (SSSR count). The van der Waals surface area contributed by atoms with Gasteiger partial charge in [-0.25, -0.2) is 0 Å². The average Bonchev–Trinajstić information content (AvgIpc) is 2.58. The quantitative estimate of drug-likeness (QED) is 0.458. The zero-order valence-electron chi connectivity index (χ0n) is 6.15. The molecular formula is C8H6O4. The third-order valence-corrected chi connectivity index (χ3v) is 1.76. The molecule has 0 bridgehead atoms. The number of carbonyl (C=O) groups is 2. The van der Waals surface area contributed by atoms with Gasteiger partial charge in [-0.3, -0.25) is 9.59 Å². The van der Waals surface area contributed by atoms with Gasteiger partial charge in [0.15, 0.2) is 0 Å². The van der Waals surface area contributed by atoms with E-state index in [1.54, 1.807) is 12.1 Å². The Kier molecular flexibility index (Phi) is 1.46. The van der Waals surface area contributed by atoms with Gasteiger partial charge in [0.2, 0.25) is 0 Å². The topological polar surface area (TPSA) is 56.5 Å². The number of esters is 2. The lowest BCUT2D eigenvalue weighted by Gasteiger charge is -1.96. The van der Waals surface area contributed by atoms with Gasteiger partial charge in [0.25, 0.3) is 0 Å². The molecule has 0 N–H and O–H groups in total. The summed E-state index contributed by atoms with van der Waals surface area (Å²) in [5.74, 6) is -1.05. The molecule has 0 spiro atoms. The average molecular weight is 166 g/mol. The first-order chi connectivity index (χ1) is 5.77. The molecule has 0 aliphatic carbocycles. The lowest BCUT2D eigenvalue weighted by atomic mass is 10.1. The first-order valence-corrected chi connectivity index (χ1v) is 3.55. The summed E-state index contributed by atoms with van der Waals surface area (Å²) in [6, 6.07) is 3.33. The van der Waals surface area contributed by atoms with E-state index in [2.05, 4.69) is 4.74 Å². The van der Waals surface area contributed by atoms with Gasteiger partial charge < -0.3 is 9.15 Å². The second-order valence-corrected chi connectivity index (χ2v) is 2.57. The third kappa shape index (κ3) is 1.01. The van der Waals surface area contributed by atoms with Crippen molar-refractivity contribution in [1.82, 2.24) is 0 Å². The standard InChI is InChI=1S/C8H6O4/c9-7-4-5(8(10)12-7)6-2-1-3-11-6/h1-3,5H,4H2. The molecule has 1 aliphatic rings. The molecule has 4 heteroatoms. The van der Waals surface area contributed by atoms with E-state index >= 15 is 0 Å². The van der Waals surface area contributed by atoms with E-state index in [0.29, 0.717) is 5.76 Å². The van der Waals surface area contributed by atoms with Crippen molar-refractivity contribution in [2.75, 3.05) is 0 Å². The predicted molar refractivity (Wildman–Crippen MR) is 37.2 cm³/mol. The minimum Gasteiger partial charge on any atom is -0.468 e. The van der Waals surface area contributed by atoms with E-state index in [9.17, 15) is 9.59 Å². The summed E-state index contributed by atoms with van der Waals surface area (Å²) in [6.07, 6.45) is 1.55. The van der Waals surface area contributed by atoms with Crippen molar-refractivity contribution in [2.24, 2.45) is 0 Å². The Balaban J connectivity index is 2.26. The van der Waals surface area contributed by atoms with Crippen molar-refractivity contribution in [3.8, 4) is 0 Å². The maximum atomic E-state index is 11.0. The first-order valence-electron chi connectivity index (χ1n) is 3.55. The monoisotopic (exact) mass is 166 g/mol. The summed E-state index contributed by atoms with van der Waals surface area (Å²) in [4.78, 5) is 21.7. The Labute approximate surface area is 68.1 Å². The van der Waals surface area contributed by atoms with Crippen LogP contribution in [0.5, 0.6) is 0 Å². The molecule has 4 nitrogen and oxygen atoms in total. The largest absolute Gasteiger partial charge is 0.468 e. The molecule has 1 fully saturated rings. The van der Waals surface area contributed by atoms with Crippen LogP contribution in [0.1, 0.15) is 18.1 Å². The van der Waals surface area contributed by atoms with Gasteiger partial charge in [-0.1, -0.05) is 0 Å². The maximum absolute atomic E-state index is 11.0. The lowest BCUT2D eigenvalue weighted by Crippen LogP contribution is -2.04. The van der Waals surface area contributed by atoms with E-state index in [-0.39, 0.29) is 6.42 Å². The molecular weight excluding hydrogens is 160 g/mol. The van der Waals surface area contributed by atoms with Crippen LogP contribution in [0, 0.1) is 0 Å². The van der Waals surface area contributed by atoms with Gasteiger partial charge in [-0.05, 0) is 12.1 Å². The Morgan fingerprint density at radius 1 is 1.42 bits per heavy atom. The van der Waals surface area contributed by atoms with Crippen LogP contribution in [-0.4, -0.2) is 11.9 Å². The fraction of sp³-hybridized carbons (Fsp3) is 0.250. The highest BCUT2D eigenvalue weighted by Crippen LogP contribution is 2.27. The fourth-order valence-corrected chi connectivity index (χ4v) is 1.18. The molecule has 1 aromatic heterocycles. The van der Waals surface area contributed by atoms with Crippen molar-refractivity contribution in [2.45, 2.75) is 12.3 Å². The molecule has 0 aromatic carbocycles. The maximum Gasteiger partial charge on any atom is 0.324 e. The smallest absolute Gasteiger partial charge is 0.324 e. The zero-order valence-corrected chi connectivity index (χ0v) is 6.15. The molecule has 1 aromatic rings. The number of furan rings is 1. The van der Waals surface area contributed by atoms with Gasteiger partial charge in [-0.15, -0.1) is 0 Å². The SMILES string of the molecule is O=C1CC(c2ccco2)C(=O)O1. The van der Waals surface area contributed by atoms with Crippen molar-refractivity contribution in [1.29, 1.82) is 0 Å².